The zero-order valence-corrected chi connectivity index (χ0v) is 15.0. The molecule has 0 amide bonds. The molecule has 2 heteroatoms. The van der Waals surface area contributed by atoms with Crippen LogP contribution in [0.2, 0.25) is 0 Å². The summed E-state index contributed by atoms with van der Waals surface area (Å²) < 4.78 is 0. The molecule has 2 saturated carbocycles. The van der Waals surface area contributed by atoms with E-state index in [9.17, 15) is 9.90 Å². The van der Waals surface area contributed by atoms with Gasteiger partial charge in [0.25, 0.3) is 0 Å². The van der Waals surface area contributed by atoms with Crippen molar-refractivity contribution in [1.82, 2.24) is 0 Å². The molecule has 2 aliphatic carbocycles. The van der Waals surface area contributed by atoms with E-state index in [-0.39, 0.29) is 0 Å². The predicted molar refractivity (Wildman–Crippen MR) is 98.1 cm³/mol. The molecule has 0 spiro atoms. The van der Waals surface area contributed by atoms with E-state index in [1.165, 1.54) is 18.4 Å². The van der Waals surface area contributed by atoms with Crippen LogP contribution in [-0.2, 0) is 4.79 Å². The van der Waals surface area contributed by atoms with E-state index in [2.05, 4.69) is 37.3 Å². The van der Waals surface area contributed by atoms with Crippen molar-refractivity contribution in [2.45, 2.75) is 77.0 Å². The number of aliphatic carboxylic acids is 1. The zero-order chi connectivity index (χ0) is 17.0. The Hall–Kier alpha value is -1.31. The van der Waals surface area contributed by atoms with Crippen LogP contribution >= 0.6 is 0 Å². The van der Waals surface area contributed by atoms with Crippen molar-refractivity contribution < 1.29 is 9.90 Å². The molecule has 1 N–H and O–H groups in total. The first-order valence-electron chi connectivity index (χ1n) is 9.94. The zero-order valence-electron chi connectivity index (χ0n) is 15.0. The van der Waals surface area contributed by atoms with Crippen LogP contribution in [0.5, 0.6) is 0 Å². The highest BCUT2D eigenvalue weighted by molar-refractivity contribution is 5.75. The molecule has 0 heterocycles. The normalized spacial score (nSPS) is 34.0. The largest absolute Gasteiger partial charge is 0.481 e. The van der Waals surface area contributed by atoms with Crippen molar-refractivity contribution in [2.24, 2.45) is 17.3 Å². The maximum Gasteiger partial charge on any atom is 0.309 e. The molecule has 0 aliphatic heterocycles. The molecular formula is C22H32O2. The number of hydrogen-bond acceptors (Lipinski definition) is 1. The van der Waals surface area contributed by atoms with Crippen molar-refractivity contribution in [3.05, 3.63) is 35.9 Å². The topological polar surface area (TPSA) is 37.3 Å². The Morgan fingerprint density at radius 3 is 2.21 bits per heavy atom. The fraction of sp³-hybridized carbons (Fsp3) is 0.682. The maximum atomic E-state index is 12.2. The van der Waals surface area contributed by atoms with Crippen LogP contribution in [0.1, 0.15) is 82.6 Å². The summed E-state index contributed by atoms with van der Waals surface area (Å²) in [7, 11) is 0. The SMILES string of the molecule is CCCC1CCC(C(=O)O)(C2CCC(c3ccccc3)CC2)CC1. The Morgan fingerprint density at radius 2 is 1.67 bits per heavy atom. The van der Waals surface area contributed by atoms with Crippen LogP contribution in [0.4, 0.5) is 0 Å². The highest BCUT2D eigenvalue weighted by atomic mass is 16.4. The fourth-order valence-corrected chi connectivity index (χ4v) is 5.39. The summed E-state index contributed by atoms with van der Waals surface area (Å²) in [6.07, 6.45) is 11.1. The predicted octanol–water partition coefficient (Wildman–Crippen LogP) is 6.02. The van der Waals surface area contributed by atoms with Gasteiger partial charge in [-0.15, -0.1) is 0 Å². The smallest absolute Gasteiger partial charge is 0.309 e. The lowest BCUT2D eigenvalue weighted by atomic mass is 9.58. The van der Waals surface area contributed by atoms with Gasteiger partial charge in [-0.3, -0.25) is 4.79 Å². The Bertz CT molecular complexity index is 520. The first kappa shape index (κ1) is 17.5. The molecule has 3 rings (SSSR count). The summed E-state index contributed by atoms with van der Waals surface area (Å²) in [5.74, 6) is 1.27. The van der Waals surface area contributed by atoms with Gasteiger partial charge in [-0.05, 0) is 74.7 Å². The highest BCUT2D eigenvalue weighted by Crippen LogP contribution is 2.52. The number of carboxylic acids is 1. The van der Waals surface area contributed by atoms with Crippen molar-refractivity contribution in [1.29, 1.82) is 0 Å². The van der Waals surface area contributed by atoms with E-state index < -0.39 is 11.4 Å². The average molecular weight is 328 g/mol. The first-order valence-corrected chi connectivity index (χ1v) is 9.94. The molecule has 2 aliphatic rings. The summed E-state index contributed by atoms with van der Waals surface area (Å²) in [4.78, 5) is 12.2. The number of hydrogen-bond donors (Lipinski definition) is 1. The quantitative estimate of drug-likeness (QED) is 0.717. The first-order chi connectivity index (χ1) is 11.7. The third-order valence-electron chi connectivity index (χ3n) is 6.90. The van der Waals surface area contributed by atoms with Gasteiger partial charge in [0, 0.05) is 0 Å². The van der Waals surface area contributed by atoms with Gasteiger partial charge in [-0.25, -0.2) is 0 Å². The molecule has 0 saturated heterocycles. The Balaban J connectivity index is 1.63. The van der Waals surface area contributed by atoms with Crippen LogP contribution in [0.15, 0.2) is 30.3 Å². The maximum absolute atomic E-state index is 12.2. The van der Waals surface area contributed by atoms with Crippen molar-refractivity contribution in [3.63, 3.8) is 0 Å². The van der Waals surface area contributed by atoms with E-state index in [0.717, 1.165) is 57.3 Å². The Morgan fingerprint density at radius 1 is 1.04 bits per heavy atom. The number of carbonyl (C=O) groups is 1. The lowest BCUT2D eigenvalue weighted by Crippen LogP contribution is -2.43. The molecule has 2 fully saturated rings. The van der Waals surface area contributed by atoms with Gasteiger partial charge in [0.15, 0.2) is 0 Å². The van der Waals surface area contributed by atoms with E-state index in [1.807, 2.05) is 0 Å². The average Bonchev–Trinajstić information content (AvgIpc) is 2.63. The minimum atomic E-state index is -0.513. The van der Waals surface area contributed by atoms with E-state index in [4.69, 9.17) is 0 Å². The molecule has 0 aromatic heterocycles. The van der Waals surface area contributed by atoms with Crippen molar-refractivity contribution in [3.8, 4) is 0 Å². The van der Waals surface area contributed by atoms with Crippen LogP contribution in [0.25, 0.3) is 0 Å². The third-order valence-corrected chi connectivity index (χ3v) is 6.90. The van der Waals surface area contributed by atoms with Gasteiger partial charge >= 0.3 is 5.97 Å². The summed E-state index contributed by atoms with van der Waals surface area (Å²) >= 11 is 0. The molecule has 2 nitrogen and oxygen atoms in total. The third kappa shape index (κ3) is 3.53. The molecule has 0 atom stereocenters. The molecular weight excluding hydrogens is 296 g/mol. The van der Waals surface area contributed by atoms with Crippen molar-refractivity contribution >= 4 is 5.97 Å². The molecule has 132 valence electrons. The van der Waals surface area contributed by atoms with Crippen LogP contribution in [0, 0.1) is 17.3 Å². The summed E-state index contributed by atoms with van der Waals surface area (Å²) in [5, 5.41) is 10.0. The standard InChI is InChI=1S/C22H32O2/c1-2-6-17-13-15-22(16-14-17,21(23)24)20-11-9-19(10-12-20)18-7-4-3-5-8-18/h3-5,7-8,17,19-20H,2,6,9-16H2,1H3,(H,23,24). The summed E-state index contributed by atoms with van der Waals surface area (Å²) in [6.45, 7) is 2.24. The molecule has 1 aromatic rings. The second-order valence-corrected chi connectivity index (χ2v) is 8.15. The Labute approximate surface area is 146 Å². The molecule has 1 aromatic carbocycles. The highest BCUT2D eigenvalue weighted by Gasteiger charge is 2.48. The minimum absolute atomic E-state index is 0.387. The second kappa shape index (κ2) is 7.72. The van der Waals surface area contributed by atoms with Gasteiger partial charge in [0.2, 0.25) is 0 Å². The number of benzene rings is 1. The van der Waals surface area contributed by atoms with Gasteiger partial charge in [0.1, 0.15) is 0 Å². The van der Waals surface area contributed by atoms with Crippen molar-refractivity contribution in [2.75, 3.05) is 0 Å². The number of carboxylic acid groups (broad SMARTS) is 1. The molecule has 0 unspecified atom stereocenters. The molecule has 0 radical (unpaired) electrons. The van der Waals surface area contributed by atoms with E-state index >= 15 is 0 Å². The van der Waals surface area contributed by atoms with Gasteiger partial charge in [-0.2, -0.15) is 0 Å². The minimum Gasteiger partial charge on any atom is -0.481 e. The molecule has 0 bridgehead atoms. The van der Waals surface area contributed by atoms with E-state index in [0.29, 0.717) is 11.8 Å². The van der Waals surface area contributed by atoms with Crippen LogP contribution < -0.4 is 0 Å². The van der Waals surface area contributed by atoms with Gasteiger partial charge in [0.05, 0.1) is 5.41 Å². The van der Waals surface area contributed by atoms with Gasteiger partial charge < -0.3 is 5.11 Å². The Kier molecular flexibility index (Phi) is 5.63. The molecule has 24 heavy (non-hydrogen) atoms. The lowest BCUT2D eigenvalue weighted by molar-refractivity contribution is -0.157. The summed E-state index contributed by atoms with van der Waals surface area (Å²) in [6, 6.07) is 10.8. The summed E-state index contributed by atoms with van der Waals surface area (Å²) in [5.41, 5.74) is 1.01. The van der Waals surface area contributed by atoms with Gasteiger partial charge in [-0.1, -0.05) is 50.1 Å². The fourth-order valence-electron chi connectivity index (χ4n) is 5.39. The number of rotatable bonds is 5. The second-order valence-electron chi connectivity index (χ2n) is 8.15. The van der Waals surface area contributed by atoms with Crippen LogP contribution in [-0.4, -0.2) is 11.1 Å². The van der Waals surface area contributed by atoms with E-state index in [1.54, 1.807) is 0 Å². The monoisotopic (exact) mass is 328 g/mol. The van der Waals surface area contributed by atoms with Crippen LogP contribution in [0.3, 0.4) is 0 Å². The lowest BCUT2D eigenvalue weighted by Gasteiger charge is -2.45.